The van der Waals surface area contributed by atoms with Crippen LogP contribution in [0.15, 0.2) is 10.9 Å². The van der Waals surface area contributed by atoms with Gasteiger partial charge in [0.25, 0.3) is 5.56 Å². The van der Waals surface area contributed by atoms with Crippen LogP contribution in [-0.2, 0) is 18.4 Å². The molecule has 3 heteroatoms. The van der Waals surface area contributed by atoms with E-state index in [0.29, 0.717) is 0 Å². The Labute approximate surface area is 109 Å². The predicted octanol–water partition coefficient (Wildman–Crippen LogP) is 2.50. The van der Waals surface area contributed by atoms with E-state index in [4.69, 9.17) is 5.73 Å². The van der Waals surface area contributed by atoms with Crippen LogP contribution in [0, 0.1) is 0 Å². The molecule has 0 saturated carbocycles. The van der Waals surface area contributed by atoms with Crippen LogP contribution in [0.25, 0.3) is 0 Å². The molecule has 0 saturated heterocycles. The number of hydrogen-bond donors (Lipinski definition) is 1. The van der Waals surface area contributed by atoms with Crippen molar-refractivity contribution < 1.29 is 0 Å². The van der Waals surface area contributed by atoms with Crippen molar-refractivity contribution in [2.24, 2.45) is 5.73 Å². The molecule has 2 rings (SSSR count). The molecule has 0 aromatic carbocycles. The van der Waals surface area contributed by atoms with E-state index in [2.05, 4.69) is 13.8 Å². The summed E-state index contributed by atoms with van der Waals surface area (Å²) in [6.07, 6.45) is 4.23. The number of aromatic nitrogens is 1. The summed E-state index contributed by atoms with van der Waals surface area (Å²) in [5.41, 5.74) is 9.01. The van der Waals surface area contributed by atoms with Crippen LogP contribution < -0.4 is 11.3 Å². The molecule has 1 aromatic rings. The van der Waals surface area contributed by atoms with Crippen molar-refractivity contribution in [3.63, 3.8) is 0 Å². The first-order valence-corrected chi connectivity index (χ1v) is 6.93. The van der Waals surface area contributed by atoms with Gasteiger partial charge in [-0.1, -0.05) is 6.92 Å². The van der Waals surface area contributed by atoms with Gasteiger partial charge in [-0.05, 0) is 58.1 Å². The maximum absolute atomic E-state index is 12.7. The van der Waals surface area contributed by atoms with E-state index in [1.807, 2.05) is 24.5 Å². The Balaban J connectivity index is 2.71. The zero-order chi connectivity index (χ0) is 13.5. The molecule has 1 unspecified atom stereocenters. The summed E-state index contributed by atoms with van der Waals surface area (Å²) in [6.45, 7) is 8.06. The lowest BCUT2D eigenvalue weighted by Crippen LogP contribution is -2.40. The van der Waals surface area contributed by atoms with E-state index in [9.17, 15) is 4.79 Å². The van der Waals surface area contributed by atoms with Gasteiger partial charge in [-0.15, -0.1) is 0 Å². The van der Waals surface area contributed by atoms with Crippen molar-refractivity contribution in [1.29, 1.82) is 0 Å². The minimum atomic E-state index is -0.566. The molecule has 18 heavy (non-hydrogen) atoms. The highest BCUT2D eigenvalue weighted by atomic mass is 16.1. The van der Waals surface area contributed by atoms with Gasteiger partial charge in [-0.25, -0.2) is 0 Å². The lowest BCUT2D eigenvalue weighted by atomic mass is 9.94. The van der Waals surface area contributed by atoms with Gasteiger partial charge < -0.3 is 10.3 Å². The highest BCUT2D eigenvalue weighted by Crippen LogP contribution is 2.27. The summed E-state index contributed by atoms with van der Waals surface area (Å²) in [6, 6.07) is 2.30. The standard InChI is InChI=1S/C15H24N2O/c1-5-10(2)17-13-8-6-7-11(13)9-12(14(17)18)15(3,4)16/h9-10H,5-8,16H2,1-4H3. The Morgan fingerprint density at radius 1 is 1.44 bits per heavy atom. The highest BCUT2D eigenvalue weighted by molar-refractivity contribution is 5.33. The Morgan fingerprint density at radius 3 is 2.67 bits per heavy atom. The Morgan fingerprint density at radius 2 is 2.11 bits per heavy atom. The Hall–Kier alpha value is -1.09. The Bertz CT molecular complexity index is 508. The molecular weight excluding hydrogens is 224 g/mol. The van der Waals surface area contributed by atoms with E-state index in [1.165, 1.54) is 11.3 Å². The molecule has 1 aliphatic rings. The van der Waals surface area contributed by atoms with Crippen molar-refractivity contribution in [1.82, 2.24) is 4.57 Å². The molecule has 3 nitrogen and oxygen atoms in total. The molecule has 0 aliphatic heterocycles. The number of aryl methyl sites for hydroxylation is 1. The van der Waals surface area contributed by atoms with Crippen molar-refractivity contribution in [2.75, 3.05) is 0 Å². The van der Waals surface area contributed by atoms with Gasteiger partial charge in [-0.2, -0.15) is 0 Å². The summed E-state index contributed by atoms with van der Waals surface area (Å²) < 4.78 is 1.99. The zero-order valence-electron chi connectivity index (χ0n) is 11.9. The van der Waals surface area contributed by atoms with Gasteiger partial charge in [0.15, 0.2) is 0 Å². The minimum Gasteiger partial charge on any atom is -0.322 e. The van der Waals surface area contributed by atoms with Crippen LogP contribution in [0.2, 0.25) is 0 Å². The quantitative estimate of drug-likeness (QED) is 0.893. The number of rotatable bonds is 3. The van der Waals surface area contributed by atoms with Gasteiger partial charge in [0.1, 0.15) is 0 Å². The summed E-state index contributed by atoms with van der Waals surface area (Å²) in [5.74, 6) is 0. The van der Waals surface area contributed by atoms with Gasteiger partial charge in [-0.3, -0.25) is 4.79 Å². The van der Waals surface area contributed by atoms with Gasteiger partial charge in [0, 0.05) is 22.8 Å². The first-order valence-electron chi connectivity index (χ1n) is 6.93. The molecule has 1 aliphatic carbocycles. The van der Waals surface area contributed by atoms with Crippen molar-refractivity contribution in [3.05, 3.63) is 33.2 Å². The third kappa shape index (κ3) is 2.12. The smallest absolute Gasteiger partial charge is 0.256 e. The summed E-state index contributed by atoms with van der Waals surface area (Å²) in [4.78, 5) is 12.7. The van der Waals surface area contributed by atoms with Crippen molar-refractivity contribution in [3.8, 4) is 0 Å². The lowest BCUT2D eigenvalue weighted by molar-refractivity contribution is 0.473. The average molecular weight is 248 g/mol. The molecule has 0 fully saturated rings. The van der Waals surface area contributed by atoms with Crippen LogP contribution in [0.3, 0.4) is 0 Å². The van der Waals surface area contributed by atoms with Crippen molar-refractivity contribution in [2.45, 2.75) is 65.0 Å². The third-order valence-electron chi connectivity index (χ3n) is 4.01. The summed E-state index contributed by atoms with van der Waals surface area (Å²) >= 11 is 0. The molecule has 0 spiro atoms. The molecular formula is C15H24N2O. The first kappa shape index (κ1) is 13.3. The van der Waals surface area contributed by atoms with Crippen LogP contribution in [-0.4, -0.2) is 4.57 Å². The molecule has 0 amide bonds. The molecule has 2 N–H and O–H groups in total. The molecule has 1 heterocycles. The van der Waals surface area contributed by atoms with E-state index >= 15 is 0 Å². The molecule has 1 aromatic heterocycles. The average Bonchev–Trinajstić information content (AvgIpc) is 2.73. The lowest BCUT2D eigenvalue weighted by Gasteiger charge is -2.25. The summed E-state index contributed by atoms with van der Waals surface area (Å²) in [7, 11) is 0. The molecule has 0 bridgehead atoms. The maximum atomic E-state index is 12.7. The number of nitrogens with zero attached hydrogens (tertiary/aromatic N) is 1. The number of nitrogens with two attached hydrogens (primary N) is 1. The van der Waals surface area contributed by atoms with Crippen molar-refractivity contribution >= 4 is 0 Å². The largest absolute Gasteiger partial charge is 0.322 e. The van der Waals surface area contributed by atoms with Gasteiger partial charge in [0.05, 0.1) is 0 Å². The van der Waals surface area contributed by atoms with E-state index in [-0.39, 0.29) is 11.6 Å². The third-order valence-corrected chi connectivity index (χ3v) is 4.01. The fourth-order valence-corrected chi connectivity index (χ4v) is 2.78. The topological polar surface area (TPSA) is 48.0 Å². The summed E-state index contributed by atoms with van der Waals surface area (Å²) in [5, 5.41) is 0. The highest BCUT2D eigenvalue weighted by Gasteiger charge is 2.26. The van der Waals surface area contributed by atoms with Crippen LogP contribution in [0.4, 0.5) is 0 Å². The van der Waals surface area contributed by atoms with E-state index in [1.54, 1.807) is 0 Å². The number of pyridine rings is 1. The zero-order valence-corrected chi connectivity index (χ0v) is 11.9. The normalized spacial score (nSPS) is 16.7. The molecule has 100 valence electrons. The SMILES string of the molecule is CCC(C)n1c2c(cc(C(C)(C)N)c1=O)CCC2. The fraction of sp³-hybridized carbons (Fsp3) is 0.667. The van der Waals surface area contributed by atoms with Gasteiger partial charge >= 0.3 is 0 Å². The molecule has 0 radical (unpaired) electrons. The minimum absolute atomic E-state index is 0.109. The second kappa shape index (κ2) is 4.54. The monoisotopic (exact) mass is 248 g/mol. The van der Waals surface area contributed by atoms with E-state index in [0.717, 1.165) is 31.2 Å². The van der Waals surface area contributed by atoms with E-state index < -0.39 is 5.54 Å². The molecule has 1 atom stereocenters. The van der Waals surface area contributed by atoms with Crippen LogP contribution >= 0.6 is 0 Å². The number of fused-ring (bicyclic) bond motifs is 1. The van der Waals surface area contributed by atoms with Crippen LogP contribution in [0.5, 0.6) is 0 Å². The fourth-order valence-electron chi connectivity index (χ4n) is 2.78. The second-order valence-electron chi connectivity index (χ2n) is 6.04. The Kier molecular flexibility index (Phi) is 3.37. The second-order valence-corrected chi connectivity index (χ2v) is 6.04. The van der Waals surface area contributed by atoms with Crippen LogP contribution in [0.1, 0.15) is 63.4 Å². The number of hydrogen-bond acceptors (Lipinski definition) is 2. The van der Waals surface area contributed by atoms with Gasteiger partial charge in [0.2, 0.25) is 0 Å². The predicted molar refractivity (Wildman–Crippen MR) is 74.9 cm³/mol. The maximum Gasteiger partial charge on any atom is 0.256 e. The first-order chi connectivity index (χ1) is 8.36.